The molecule has 1 aliphatic heterocycles. The van der Waals surface area contributed by atoms with Crippen molar-refractivity contribution in [2.75, 3.05) is 12.3 Å². The topological polar surface area (TPSA) is 24.9 Å². The Morgan fingerprint density at radius 3 is 3.13 bits per heavy atom. The second-order valence-corrected chi connectivity index (χ2v) is 5.07. The zero-order chi connectivity index (χ0) is 10.3. The highest BCUT2D eigenvalue weighted by atomic mass is 32.2. The molecule has 1 N–H and O–H groups in total. The second kappa shape index (κ2) is 6.13. The molecule has 82 valence electrons. The summed E-state index contributed by atoms with van der Waals surface area (Å²) in [6, 6.07) is 6.84. The molecule has 1 fully saturated rings. The van der Waals surface area contributed by atoms with Crippen LogP contribution in [0.2, 0.25) is 0 Å². The van der Waals surface area contributed by atoms with Crippen molar-refractivity contribution in [3.05, 3.63) is 24.4 Å². The number of thioether (sulfide) groups is 1. The number of piperidine rings is 1. The summed E-state index contributed by atoms with van der Waals surface area (Å²) in [6.07, 6.45) is 7.22. The van der Waals surface area contributed by atoms with E-state index in [1.54, 1.807) is 0 Å². The van der Waals surface area contributed by atoms with Crippen LogP contribution < -0.4 is 5.32 Å². The van der Waals surface area contributed by atoms with Crippen molar-refractivity contribution in [1.29, 1.82) is 0 Å². The molecule has 0 aromatic carbocycles. The quantitative estimate of drug-likeness (QED) is 0.793. The van der Waals surface area contributed by atoms with E-state index < -0.39 is 0 Å². The summed E-state index contributed by atoms with van der Waals surface area (Å²) in [7, 11) is 0. The standard InChI is InChI=1S/C12H18N2S/c1-3-8-13-11(5-1)7-10-15-12-6-2-4-9-14-12/h2,4,6,9,11,13H,1,3,5,7-8,10H2. The third-order valence-electron chi connectivity index (χ3n) is 2.77. The van der Waals surface area contributed by atoms with Gasteiger partial charge in [0.05, 0.1) is 5.03 Å². The summed E-state index contributed by atoms with van der Waals surface area (Å²) in [5, 5.41) is 4.72. The Hall–Kier alpha value is -0.540. The minimum Gasteiger partial charge on any atom is -0.314 e. The fourth-order valence-electron chi connectivity index (χ4n) is 1.91. The molecule has 15 heavy (non-hydrogen) atoms. The van der Waals surface area contributed by atoms with E-state index in [-0.39, 0.29) is 0 Å². The van der Waals surface area contributed by atoms with E-state index in [4.69, 9.17) is 0 Å². The normalized spacial score (nSPS) is 21.5. The van der Waals surface area contributed by atoms with Crippen molar-refractivity contribution >= 4 is 11.8 Å². The lowest BCUT2D eigenvalue weighted by atomic mass is 10.0. The lowest BCUT2D eigenvalue weighted by Crippen LogP contribution is -2.34. The molecule has 1 unspecified atom stereocenters. The van der Waals surface area contributed by atoms with Crippen molar-refractivity contribution in [3.8, 4) is 0 Å². The molecule has 3 heteroatoms. The number of hydrogen-bond acceptors (Lipinski definition) is 3. The highest BCUT2D eigenvalue weighted by Gasteiger charge is 2.11. The molecule has 1 aromatic heterocycles. The van der Waals surface area contributed by atoms with E-state index in [2.05, 4.69) is 16.4 Å². The van der Waals surface area contributed by atoms with Crippen molar-refractivity contribution in [2.45, 2.75) is 36.8 Å². The molecule has 0 spiro atoms. The second-order valence-electron chi connectivity index (χ2n) is 3.95. The van der Waals surface area contributed by atoms with Crippen LogP contribution in [-0.4, -0.2) is 23.3 Å². The Labute approximate surface area is 95.9 Å². The molecule has 2 nitrogen and oxygen atoms in total. The van der Waals surface area contributed by atoms with Gasteiger partial charge in [-0.25, -0.2) is 4.98 Å². The predicted octanol–water partition coefficient (Wildman–Crippen LogP) is 2.71. The molecule has 1 saturated heterocycles. The van der Waals surface area contributed by atoms with Crippen molar-refractivity contribution in [2.24, 2.45) is 0 Å². The third kappa shape index (κ3) is 3.84. The van der Waals surface area contributed by atoms with Gasteiger partial charge >= 0.3 is 0 Å². The van der Waals surface area contributed by atoms with Crippen LogP contribution >= 0.6 is 11.8 Å². The lowest BCUT2D eigenvalue weighted by molar-refractivity contribution is 0.394. The number of hydrogen-bond donors (Lipinski definition) is 1. The van der Waals surface area contributed by atoms with E-state index in [9.17, 15) is 0 Å². The minimum atomic E-state index is 0.745. The number of pyridine rings is 1. The Bertz CT molecular complexity index is 270. The van der Waals surface area contributed by atoms with Gasteiger partial charge in [-0.1, -0.05) is 12.5 Å². The average Bonchev–Trinajstić information content (AvgIpc) is 2.32. The van der Waals surface area contributed by atoms with Crippen LogP contribution in [0.4, 0.5) is 0 Å². The maximum atomic E-state index is 4.30. The maximum absolute atomic E-state index is 4.30. The zero-order valence-electron chi connectivity index (χ0n) is 8.98. The maximum Gasteiger partial charge on any atom is 0.0959 e. The molecular formula is C12H18N2S. The summed E-state index contributed by atoms with van der Waals surface area (Å²) >= 11 is 1.86. The molecule has 0 amide bonds. The van der Waals surface area contributed by atoms with Crippen LogP contribution in [0.3, 0.4) is 0 Å². The van der Waals surface area contributed by atoms with Gasteiger partial charge in [0, 0.05) is 18.0 Å². The van der Waals surface area contributed by atoms with Gasteiger partial charge in [-0.3, -0.25) is 0 Å². The van der Waals surface area contributed by atoms with Gasteiger partial charge in [-0.15, -0.1) is 11.8 Å². The molecule has 0 bridgehead atoms. The lowest BCUT2D eigenvalue weighted by Gasteiger charge is -2.22. The molecule has 0 aliphatic carbocycles. The van der Waals surface area contributed by atoms with Crippen molar-refractivity contribution in [3.63, 3.8) is 0 Å². The van der Waals surface area contributed by atoms with Crippen LogP contribution in [0.15, 0.2) is 29.4 Å². The largest absolute Gasteiger partial charge is 0.314 e. The van der Waals surface area contributed by atoms with Crippen LogP contribution in [0.25, 0.3) is 0 Å². The predicted molar refractivity (Wildman–Crippen MR) is 65.2 cm³/mol. The molecule has 0 radical (unpaired) electrons. The Morgan fingerprint density at radius 2 is 2.40 bits per heavy atom. The Balaban J connectivity index is 1.66. The summed E-state index contributed by atoms with van der Waals surface area (Å²) in [5.41, 5.74) is 0. The number of aromatic nitrogens is 1. The van der Waals surface area contributed by atoms with Crippen LogP contribution in [0, 0.1) is 0 Å². The summed E-state index contributed by atoms with van der Waals surface area (Å²) in [6.45, 7) is 1.21. The first-order valence-electron chi connectivity index (χ1n) is 5.72. The fraction of sp³-hybridized carbons (Fsp3) is 0.583. The monoisotopic (exact) mass is 222 g/mol. The smallest absolute Gasteiger partial charge is 0.0959 e. The highest BCUT2D eigenvalue weighted by Crippen LogP contribution is 2.18. The van der Waals surface area contributed by atoms with E-state index in [1.165, 1.54) is 38.0 Å². The first-order chi connectivity index (χ1) is 7.45. The molecule has 1 aliphatic rings. The molecule has 1 aromatic rings. The van der Waals surface area contributed by atoms with Gasteiger partial charge in [-0.2, -0.15) is 0 Å². The van der Waals surface area contributed by atoms with Crippen molar-refractivity contribution in [1.82, 2.24) is 10.3 Å². The Kier molecular flexibility index (Phi) is 4.48. The molecule has 2 heterocycles. The van der Waals surface area contributed by atoms with E-state index >= 15 is 0 Å². The summed E-state index contributed by atoms with van der Waals surface area (Å²) < 4.78 is 0. The van der Waals surface area contributed by atoms with Gasteiger partial charge in [0.15, 0.2) is 0 Å². The van der Waals surface area contributed by atoms with E-state index in [1.807, 2.05) is 30.1 Å². The number of nitrogens with zero attached hydrogens (tertiary/aromatic N) is 1. The molecular weight excluding hydrogens is 204 g/mol. The number of rotatable bonds is 4. The van der Waals surface area contributed by atoms with Crippen LogP contribution in [0.5, 0.6) is 0 Å². The average molecular weight is 222 g/mol. The van der Waals surface area contributed by atoms with Crippen molar-refractivity contribution < 1.29 is 0 Å². The summed E-state index contributed by atoms with van der Waals surface area (Å²) in [4.78, 5) is 4.30. The molecule has 1 atom stereocenters. The SMILES string of the molecule is c1ccc(SCCC2CCCCN2)nc1. The third-order valence-corrected chi connectivity index (χ3v) is 3.74. The van der Waals surface area contributed by atoms with Gasteiger partial charge < -0.3 is 5.32 Å². The Morgan fingerprint density at radius 1 is 1.40 bits per heavy atom. The molecule has 2 rings (SSSR count). The minimum absolute atomic E-state index is 0.745. The van der Waals surface area contributed by atoms with Gasteiger partial charge in [0.2, 0.25) is 0 Å². The first kappa shape index (κ1) is 11.0. The first-order valence-corrected chi connectivity index (χ1v) is 6.71. The van der Waals surface area contributed by atoms with Gasteiger partial charge in [-0.05, 0) is 37.9 Å². The summed E-state index contributed by atoms with van der Waals surface area (Å²) in [5.74, 6) is 1.18. The number of nitrogens with one attached hydrogen (secondary N) is 1. The molecule has 0 saturated carbocycles. The van der Waals surface area contributed by atoms with Gasteiger partial charge in [0.1, 0.15) is 0 Å². The van der Waals surface area contributed by atoms with Crippen LogP contribution in [-0.2, 0) is 0 Å². The van der Waals surface area contributed by atoms with E-state index in [0.29, 0.717) is 0 Å². The van der Waals surface area contributed by atoms with Gasteiger partial charge in [0.25, 0.3) is 0 Å². The van der Waals surface area contributed by atoms with Crippen LogP contribution in [0.1, 0.15) is 25.7 Å². The highest BCUT2D eigenvalue weighted by molar-refractivity contribution is 7.99. The zero-order valence-corrected chi connectivity index (χ0v) is 9.80. The fourth-order valence-corrected chi connectivity index (χ4v) is 2.83. The van der Waals surface area contributed by atoms with E-state index in [0.717, 1.165) is 11.1 Å².